The summed E-state index contributed by atoms with van der Waals surface area (Å²) in [6.45, 7) is 2.42. The van der Waals surface area contributed by atoms with Crippen molar-refractivity contribution in [3.05, 3.63) is 29.6 Å². The molecule has 1 heterocycles. The van der Waals surface area contributed by atoms with Crippen molar-refractivity contribution in [2.45, 2.75) is 44.6 Å². The second kappa shape index (κ2) is 5.54. The number of rotatable bonds is 4. The molecule has 0 bridgehead atoms. The van der Waals surface area contributed by atoms with Crippen LogP contribution in [0.25, 0.3) is 0 Å². The quantitative estimate of drug-likeness (QED) is 0.875. The molecule has 2 nitrogen and oxygen atoms in total. The fourth-order valence-electron chi connectivity index (χ4n) is 2.64. The molecule has 2 atom stereocenters. The molecule has 0 aromatic carbocycles. The van der Waals surface area contributed by atoms with Gasteiger partial charge in [0.15, 0.2) is 0 Å². The Morgan fingerprint density at radius 1 is 1.53 bits per heavy atom. The van der Waals surface area contributed by atoms with Gasteiger partial charge in [-0.3, -0.25) is 4.98 Å². The van der Waals surface area contributed by atoms with Crippen molar-refractivity contribution in [1.29, 1.82) is 0 Å². The molecule has 17 heavy (non-hydrogen) atoms. The van der Waals surface area contributed by atoms with E-state index in [2.05, 4.69) is 10.3 Å². The first-order valence-electron chi connectivity index (χ1n) is 6.19. The second-order valence-corrected chi connectivity index (χ2v) is 4.46. The van der Waals surface area contributed by atoms with E-state index in [4.69, 9.17) is 0 Å². The van der Waals surface area contributed by atoms with Crippen LogP contribution in [0.3, 0.4) is 0 Å². The van der Waals surface area contributed by atoms with Crippen LogP contribution in [-0.2, 0) is 6.42 Å². The maximum absolute atomic E-state index is 13.1. The molecule has 1 aliphatic carbocycles. The Labute approximate surface area is 100 Å². The van der Waals surface area contributed by atoms with Crippen LogP contribution in [-0.4, -0.2) is 24.0 Å². The maximum Gasteiger partial charge on any atom is 0.254 e. The zero-order valence-electron chi connectivity index (χ0n) is 10.00. The highest BCUT2D eigenvalue weighted by Gasteiger charge is 2.33. The fourth-order valence-corrected chi connectivity index (χ4v) is 2.64. The monoisotopic (exact) mass is 240 g/mol. The first kappa shape index (κ1) is 12.4. The van der Waals surface area contributed by atoms with Crippen LogP contribution in [0.2, 0.25) is 0 Å². The Morgan fingerprint density at radius 3 is 3.06 bits per heavy atom. The molecule has 0 spiro atoms. The first-order chi connectivity index (χ1) is 8.24. The summed E-state index contributed by atoms with van der Waals surface area (Å²) in [5.74, 6) is -0.153. The predicted molar refractivity (Wildman–Crippen MR) is 63.4 cm³/mol. The molecule has 1 aromatic rings. The van der Waals surface area contributed by atoms with Crippen LogP contribution in [0.15, 0.2) is 18.3 Å². The van der Waals surface area contributed by atoms with Crippen LogP contribution in [0.5, 0.6) is 0 Å². The van der Waals surface area contributed by atoms with Crippen molar-refractivity contribution in [3.8, 4) is 0 Å². The lowest BCUT2D eigenvalue weighted by molar-refractivity contribution is 0.0815. The number of pyridine rings is 1. The smallest absolute Gasteiger partial charge is 0.254 e. The summed E-state index contributed by atoms with van der Waals surface area (Å²) in [4.78, 5) is 4.31. The van der Waals surface area contributed by atoms with Crippen molar-refractivity contribution in [2.75, 3.05) is 6.54 Å². The van der Waals surface area contributed by atoms with E-state index in [0.29, 0.717) is 6.54 Å². The molecule has 1 aromatic heterocycles. The summed E-state index contributed by atoms with van der Waals surface area (Å²) in [6.07, 6.45) is 2.09. The van der Waals surface area contributed by atoms with Gasteiger partial charge in [-0.15, -0.1) is 0 Å². The summed E-state index contributed by atoms with van der Waals surface area (Å²) in [6, 6.07) is 3.11. The van der Waals surface area contributed by atoms with Crippen molar-refractivity contribution in [3.63, 3.8) is 0 Å². The molecule has 2 rings (SSSR count). The van der Waals surface area contributed by atoms with E-state index in [0.717, 1.165) is 30.5 Å². The SMILES string of the molecule is CCNC(C(F)F)C1CCCc2cccnc21. The number of nitrogens with zero attached hydrogens (tertiary/aromatic N) is 1. The number of halogens is 2. The zero-order chi connectivity index (χ0) is 12.3. The molecule has 94 valence electrons. The molecule has 1 aliphatic rings. The Balaban J connectivity index is 2.27. The van der Waals surface area contributed by atoms with E-state index in [1.165, 1.54) is 0 Å². The number of hydrogen-bond donors (Lipinski definition) is 1. The molecule has 2 unspecified atom stereocenters. The van der Waals surface area contributed by atoms with Crippen molar-refractivity contribution in [1.82, 2.24) is 10.3 Å². The van der Waals surface area contributed by atoms with Gasteiger partial charge in [0.25, 0.3) is 6.43 Å². The summed E-state index contributed by atoms with van der Waals surface area (Å²) in [5.41, 5.74) is 2.00. The van der Waals surface area contributed by atoms with Gasteiger partial charge in [0.2, 0.25) is 0 Å². The molecular formula is C13H18F2N2. The Kier molecular flexibility index (Phi) is 4.05. The minimum atomic E-state index is -2.34. The third-order valence-electron chi connectivity index (χ3n) is 3.38. The van der Waals surface area contributed by atoms with Gasteiger partial charge in [0.1, 0.15) is 0 Å². The van der Waals surface area contributed by atoms with Gasteiger partial charge in [-0.1, -0.05) is 13.0 Å². The normalized spacial score (nSPS) is 21.3. The molecule has 1 N–H and O–H groups in total. The molecule has 0 saturated carbocycles. The number of nitrogens with one attached hydrogen (secondary N) is 1. The fraction of sp³-hybridized carbons (Fsp3) is 0.615. The molecular weight excluding hydrogens is 222 g/mol. The molecule has 0 radical (unpaired) electrons. The molecule has 0 amide bonds. The largest absolute Gasteiger partial charge is 0.309 e. The van der Waals surface area contributed by atoms with Gasteiger partial charge < -0.3 is 5.32 Å². The maximum atomic E-state index is 13.1. The van der Waals surface area contributed by atoms with Crippen molar-refractivity contribution < 1.29 is 8.78 Å². The van der Waals surface area contributed by atoms with Crippen LogP contribution in [0.1, 0.15) is 36.9 Å². The highest BCUT2D eigenvalue weighted by molar-refractivity contribution is 5.27. The van der Waals surface area contributed by atoms with Crippen LogP contribution in [0.4, 0.5) is 8.78 Å². The highest BCUT2D eigenvalue weighted by Crippen LogP contribution is 2.34. The average molecular weight is 240 g/mol. The number of aromatic nitrogens is 1. The lowest BCUT2D eigenvalue weighted by atomic mass is 9.82. The Bertz CT molecular complexity index is 368. The van der Waals surface area contributed by atoms with E-state index in [1.54, 1.807) is 6.20 Å². The van der Waals surface area contributed by atoms with Crippen molar-refractivity contribution >= 4 is 0 Å². The zero-order valence-corrected chi connectivity index (χ0v) is 10.00. The molecule has 0 aliphatic heterocycles. The molecule has 0 fully saturated rings. The number of hydrogen-bond acceptors (Lipinski definition) is 2. The summed E-state index contributed by atoms with van der Waals surface area (Å²) >= 11 is 0. The van der Waals surface area contributed by atoms with Gasteiger partial charge in [0.05, 0.1) is 6.04 Å². The standard InChI is InChI=1S/C13H18F2N2/c1-2-16-12(13(14)15)10-7-3-5-9-6-4-8-17-11(9)10/h4,6,8,10,12-13,16H,2-3,5,7H2,1H3. The van der Waals surface area contributed by atoms with E-state index >= 15 is 0 Å². The third kappa shape index (κ3) is 2.63. The number of alkyl halides is 2. The van der Waals surface area contributed by atoms with Gasteiger partial charge in [-0.2, -0.15) is 0 Å². The van der Waals surface area contributed by atoms with Gasteiger partial charge in [0, 0.05) is 17.8 Å². The minimum Gasteiger partial charge on any atom is -0.309 e. The summed E-state index contributed by atoms with van der Waals surface area (Å²) in [5, 5.41) is 2.90. The first-order valence-corrected chi connectivity index (χ1v) is 6.19. The third-order valence-corrected chi connectivity index (χ3v) is 3.38. The van der Waals surface area contributed by atoms with E-state index in [9.17, 15) is 8.78 Å². The van der Waals surface area contributed by atoms with Crippen LogP contribution >= 0.6 is 0 Å². The molecule has 4 heteroatoms. The Hall–Kier alpha value is -1.03. The Morgan fingerprint density at radius 2 is 2.35 bits per heavy atom. The van der Waals surface area contributed by atoms with E-state index in [-0.39, 0.29) is 5.92 Å². The van der Waals surface area contributed by atoms with E-state index in [1.807, 2.05) is 19.1 Å². The summed E-state index contributed by atoms with van der Waals surface area (Å²) < 4.78 is 26.1. The highest BCUT2D eigenvalue weighted by atomic mass is 19.3. The lowest BCUT2D eigenvalue weighted by Crippen LogP contribution is -2.42. The lowest BCUT2D eigenvalue weighted by Gasteiger charge is -2.31. The second-order valence-electron chi connectivity index (χ2n) is 4.46. The van der Waals surface area contributed by atoms with Crippen LogP contribution < -0.4 is 5.32 Å². The number of aryl methyl sites for hydroxylation is 1. The predicted octanol–water partition coefficient (Wildman–Crippen LogP) is 2.74. The topological polar surface area (TPSA) is 24.9 Å². The van der Waals surface area contributed by atoms with E-state index < -0.39 is 12.5 Å². The van der Waals surface area contributed by atoms with Gasteiger partial charge in [-0.05, 0) is 37.4 Å². The summed E-state index contributed by atoms with van der Waals surface area (Å²) in [7, 11) is 0. The number of fused-ring (bicyclic) bond motifs is 1. The molecule has 0 saturated heterocycles. The van der Waals surface area contributed by atoms with Crippen LogP contribution in [0, 0.1) is 0 Å². The number of likely N-dealkylation sites (N-methyl/N-ethyl adjacent to an activating group) is 1. The van der Waals surface area contributed by atoms with Gasteiger partial charge >= 0.3 is 0 Å². The average Bonchev–Trinajstić information content (AvgIpc) is 2.35. The minimum absolute atomic E-state index is 0.153. The van der Waals surface area contributed by atoms with Gasteiger partial charge in [-0.25, -0.2) is 8.78 Å². The van der Waals surface area contributed by atoms with Crippen molar-refractivity contribution in [2.24, 2.45) is 0 Å².